The van der Waals surface area contributed by atoms with Crippen molar-refractivity contribution >= 4 is 18.0 Å². The molecule has 2 aromatic carbocycles. The van der Waals surface area contributed by atoms with Gasteiger partial charge in [0, 0.05) is 17.9 Å². The number of nitrogens with one attached hydrogen (secondary N) is 2. The molecule has 0 aromatic heterocycles. The number of carbonyl (C=O) groups excluding carboxylic acids is 2. The number of fused-ring (bicyclic) bond motifs is 3. The number of benzene rings is 2. The molecule has 7 heteroatoms. The maximum absolute atomic E-state index is 12.6. The van der Waals surface area contributed by atoms with Crippen molar-refractivity contribution in [1.29, 1.82) is 0 Å². The lowest BCUT2D eigenvalue weighted by Crippen LogP contribution is -2.44. The van der Waals surface area contributed by atoms with Gasteiger partial charge in [-0.1, -0.05) is 61.4 Å². The van der Waals surface area contributed by atoms with E-state index in [1.165, 1.54) is 11.1 Å². The molecule has 0 spiro atoms. The van der Waals surface area contributed by atoms with Crippen molar-refractivity contribution in [2.24, 2.45) is 11.8 Å². The molecule has 2 aromatic rings. The van der Waals surface area contributed by atoms with E-state index in [0.29, 0.717) is 31.6 Å². The van der Waals surface area contributed by atoms with Crippen LogP contribution in [-0.4, -0.2) is 41.8 Å². The summed E-state index contributed by atoms with van der Waals surface area (Å²) < 4.78 is 5.62. The first-order chi connectivity index (χ1) is 16.5. The molecule has 7 nitrogen and oxygen atoms in total. The van der Waals surface area contributed by atoms with Gasteiger partial charge in [0.05, 0.1) is 0 Å². The number of rotatable bonds is 8. The highest BCUT2D eigenvalue weighted by Gasteiger charge is 2.35. The third-order valence-corrected chi connectivity index (χ3v) is 7.35. The van der Waals surface area contributed by atoms with Gasteiger partial charge in [-0.2, -0.15) is 0 Å². The van der Waals surface area contributed by atoms with Crippen LogP contribution < -0.4 is 10.6 Å². The van der Waals surface area contributed by atoms with E-state index in [1.54, 1.807) is 0 Å². The summed E-state index contributed by atoms with van der Waals surface area (Å²) in [5.74, 6) is -1.09. The molecule has 0 saturated heterocycles. The molecular formula is C27H30N2O5. The molecule has 1 unspecified atom stereocenters. The van der Waals surface area contributed by atoms with Crippen LogP contribution in [0.4, 0.5) is 4.79 Å². The van der Waals surface area contributed by atoms with Crippen molar-refractivity contribution in [3.05, 3.63) is 59.7 Å². The SMILES string of the molecule is O=C(N[C@H]1CC[C@@H](C(=O)NC(CC2CC2)C(=O)O)C1)OCC1c2ccccc2-c2ccccc21. The van der Waals surface area contributed by atoms with Gasteiger partial charge in [0.2, 0.25) is 5.91 Å². The zero-order chi connectivity index (χ0) is 23.7. The topological polar surface area (TPSA) is 105 Å². The summed E-state index contributed by atoms with van der Waals surface area (Å²) in [4.78, 5) is 36.6. The van der Waals surface area contributed by atoms with Gasteiger partial charge in [0.25, 0.3) is 0 Å². The van der Waals surface area contributed by atoms with Gasteiger partial charge in [-0.3, -0.25) is 4.79 Å². The van der Waals surface area contributed by atoms with E-state index in [1.807, 2.05) is 24.3 Å². The minimum absolute atomic E-state index is 0.000302. The van der Waals surface area contributed by atoms with E-state index in [9.17, 15) is 19.5 Å². The molecule has 34 heavy (non-hydrogen) atoms. The van der Waals surface area contributed by atoms with Crippen LogP contribution in [-0.2, 0) is 14.3 Å². The van der Waals surface area contributed by atoms with Crippen molar-refractivity contribution in [2.75, 3.05) is 6.61 Å². The number of hydrogen-bond donors (Lipinski definition) is 3. The maximum Gasteiger partial charge on any atom is 0.407 e. The van der Waals surface area contributed by atoms with Crippen molar-refractivity contribution in [1.82, 2.24) is 10.6 Å². The maximum atomic E-state index is 12.6. The molecular weight excluding hydrogens is 432 g/mol. The second-order valence-electron chi connectivity index (χ2n) is 9.76. The molecule has 2 amide bonds. The average Bonchev–Trinajstić information content (AvgIpc) is 3.43. The molecule has 3 aliphatic rings. The molecule has 5 rings (SSSR count). The lowest BCUT2D eigenvalue weighted by Gasteiger charge is -2.18. The van der Waals surface area contributed by atoms with E-state index in [2.05, 4.69) is 34.9 Å². The number of ether oxygens (including phenoxy) is 1. The zero-order valence-electron chi connectivity index (χ0n) is 19.0. The van der Waals surface area contributed by atoms with E-state index in [0.717, 1.165) is 24.0 Å². The van der Waals surface area contributed by atoms with Crippen LogP contribution in [0.25, 0.3) is 11.1 Å². The van der Waals surface area contributed by atoms with Crippen LogP contribution in [0.2, 0.25) is 0 Å². The quantitative estimate of drug-likeness (QED) is 0.549. The van der Waals surface area contributed by atoms with Gasteiger partial charge < -0.3 is 20.5 Å². The van der Waals surface area contributed by atoms with Gasteiger partial charge in [-0.25, -0.2) is 9.59 Å². The Bertz CT molecular complexity index is 1050. The number of aliphatic carboxylic acids is 1. The standard InChI is InChI=1S/C27H30N2O5/c30-25(29-24(26(31)32)13-16-9-10-16)17-11-12-18(14-17)28-27(33)34-15-23-21-7-3-1-5-19(21)20-6-2-4-8-22(20)23/h1-8,16-18,23-24H,9-15H2,(H,28,33)(H,29,30)(H,31,32)/t17-,18+,24?/m1/s1. The summed E-state index contributed by atoms with van der Waals surface area (Å²) in [5.41, 5.74) is 4.68. The zero-order valence-corrected chi connectivity index (χ0v) is 19.0. The predicted octanol–water partition coefficient (Wildman–Crippen LogP) is 4.06. The van der Waals surface area contributed by atoms with Gasteiger partial charge in [0.15, 0.2) is 0 Å². The summed E-state index contributed by atoms with van der Waals surface area (Å²) in [6.07, 6.45) is 3.87. The Hall–Kier alpha value is -3.35. The summed E-state index contributed by atoms with van der Waals surface area (Å²) >= 11 is 0. The van der Waals surface area contributed by atoms with Gasteiger partial charge in [-0.15, -0.1) is 0 Å². The molecule has 178 valence electrons. The Kier molecular flexibility index (Phi) is 6.26. The Morgan fingerprint density at radius 3 is 2.21 bits per heavy atom. The van der Waals surface area contributed by atoms with Crippen LogP contribution in [0.15, 0.2) is 48.5 Å². The normalized spacial score (nSPS) is 21.9. The van der Waals surface area contributed by atoms with Gasteiger partial charge in [-0.05, 0) is 53.9 Å². The molecule has 0 aliphatic heterocycles. The molecule has 0 radical (unpaired) electrons. The number of carboxylic acid groups (broad SMARTS) is 1. The van der Waals surface area contributed by atoms with E-state index >= 15 is 0 Å². The summed E-state index contributed by atoms with van der Waals surface area (Å²) in [7, 11) is 0. The highest BCUT2D eigenvalue weighted by atomic mass is 16.5. The Balaban J connectivity index is 1.12. The van der Waals surface area contributed by atoms with Crippen molar-refractivity contribution < 1.29 is 24.2 Å². The average molecular weight is 463 g/mol. The Morgan fingerprint density at radius 1 is 0.941 bits per heavy atom. The highest BCUT2D eigenvalue weighted by molar-refractivity contribution is 5.85. The number of amides is 2. The summed E-state index contributed by atoms with van der Waals surface area (Å²) in [5, 5.41) is 15.0. The van der Waals surface area contributed by atoms with Crippen LogP contribution in [0.3, 0.4) is 0 Å². The number of carboxylic acids is 1. The van der Waals surface area contributed by atoms with Gasteiger partial charge >= 0.3 is 12.1 Å². The highest BCUT2D eigenvalue weighted by Crippen LogP contribution is 2.44. The molecule has 2 saturated carbocycles. The van der Waals surface area contributed by atoms with Crippen LogP contribution >= 0.6 is 0 Å². The second-order valence-corrected chi connectivity index (χ2v) is 9.76. The third-order valence-electron chi connectivity index (χ3n) is 7.35. The molecule has 3 aliphatic carbocycles. The fourth-order valence-electron chi connectivity index (χ4n) is 5.36. The minimum atomic E-state index is -0.980. The first-order valence-electron chi connectivity index (χ1n) is 12.1. The lowest BCUT2D eigenvalue weighted by molar-refractivity contribution is -0.142. The fraction of sp³-hybridized carbons (Fsp3) is 0.444. The van der Waals surface area contributed by atoms with Crippen LogP contribution in [0.1, 0.15) is 55.6 Å². The molecule has 3 atom stereocenters. The van der Waals surface area contributed by atoms with Crippen LogP contribution in [0, 0.1) is 11.8 Å². The third kappa shape index (κ3) is 4.79. The lowest BCUT2D eigenvalue weighted by atomic mass is 9.98. The Morgan fingerprint density at radius 2 is 1.59 bits per heavy atom. The summed E-state index contributed by atoms with van der Waals surface area (Å²) in [6.45, 7) is 0.248. The number of hydrogen-bond acceptors (Lipinski definition) is 4. The number of carbonyl (C=O) groups is 3. The fourth-order valence-corrected chi connectivity index (χ4v) is 5.36. The number of alkyl carbamates (subject to hydrolysis) is 1. The molecule has 2 fully saturated rings. The summed E-state index contributed by atoms with van der Waals surface area (Å²) in [6, 6.07) is 15.4. The van der Waals surface area contributed by atoms with Crippen molar-refractivity contribution in [3.8, 4) is 11.1 Å². The van der Waals surface area contributed by atoms with E-state index in [-0.39, 0.29) is 30.4 Å². The Labute approximate surface area is 198 Å². The van der Waals surface area contributed by atoms with Crippen molar-refractivity contribution in [2.45, 2.75) is 56.5 Å². The predicted molar refractivity (Wildman–Crippen MR) is 126 cm³/mol. The second kappa shape index (κ2) is 9.49. The first-order valence-corrected chi connectivity index (χ1v) is 12.1. The van der Waals surface area contributed by atoms with E-state index in [4.69, 9.17) is 4.74 Å². The largest absolute Gasteiger partial charge is 0.480 e. The smallest absolute Gasteiger partial charge is 0.407 e. The van der Waals surface area contributed by atoms with Gasteiger partial charge in [0.1, 0.15) is 12.6 Å². The van der Waals surface area contributed by atoms with Crippen molar-refractivity contribution in [3.63, 3.8) is 0 Å². The molecule has 0 bridgehead atoms. The minimum Gasteiger partial charge on any atom is -0.480 e. The first kappa shape index (κ1) is 22.4. The molecule has 0 heterocycles. The van der Waals surface area contributed by atoms with E-state index < -0.39 is 18.1 Å². The monoisotopic (exact) mass is 462 g/mol. The molecule has 3 N–H and O–H groups in total. The van der Waals surface area contributed by atoms with Crippen LogP contribution in [0.5, 0.6) is 0 Å².